The van der Waals surface area contributed by atoms with E-state index >= 15 is 0 Å². The van der Waals surface area contributed by atoms with Gasteiger partial charge in [-0.1, -0.05) is 23.2 Å². The van der Waals surface area contributed by atoms with Gasteiger partial charge in [0, 0.05) is 15.7 Å². The molecule has 0 amide bonds. The molecule has 26 heavy (non-hydrogen) atoms. The zero-order valence-electron chi connectivity index (χ0n) is 13.0. The lowest BCUT2D eigenvalue weighted by molar-refractivity contribution is 0.594. The van der Waals surface area contributed by atoms with Gasteiger partial charge in [-0.3, -0.25) is 4.90 Å². The van der Waals surface area contributed by atoms with Gasteiger partial charge in [-0.2, -0.15) is 9.97 Å². The van der Waals surface area contributed by atoms with Gasteiger partial charge in [0.25, 0.3) is 0 Å². The molecular formula is C16H11Cl2N5O2S. The lowest BCUT2D eigenvalue weighted by atomic mass is 10.2. The minimum Gasteiger partial charge on any atom is -0.382 e. The number of fused-ring (bicyclic) bond motifs is 2. The zero-order valence-corrected chi connectivity index (χ0v) is 15.3. The van der Waals surface area contributed by atoms with Crippen molar-refractivity contribution in [3.8, 4) is 0 Å². The average Bonchev–Trinajstić information content (AvgIpc) is 2.56. The van der Waals surface area contributed by atoms with Gasteiger partial charge in [0.05, 0.1) is 10.6 Å². The van der Waals surface area contributed by atoms with Crippen LogP contribution in [-0.4, -0.2) is 18.4 Å². The van der Waals surface area contributed by atoms with Crippen LogP contribution in [0.2, 0.25) is 10.0 Å². The van der Waals surface area contributed by atoms with Gasteiger partial charge >= 0.3 is 0 Å². The summed E-state index contributed by atoms with van der Waals surface area (Å²) in [6.07, 6.45) is 0. The number of hydrogen-bond donors (Lipinski definition) is 2. The molecule has 1 aromatic heterocycles. The summed E-state index contributed by atoms with van der Waals surface area (Å²) in [5.74, 6) is -0.280. The van der Waals surface area contributed by atoms with E-state index in [4.69, 9.17) is 34.7 Å². The summed E-state index contributed by atoms with van der Waals surface area (Å²) in [5, 5.41) is 0.818. The van der Waals surface area contributed by atoms with Crippen LogP contribution in [-0.2, 0) is 9.84 Å². The number of rotatable bonds is 1. The Labute approximate surface area is 159 Å². The first-order chi connectivity index (χ1) is 12.3. The van der Waals surface area contributed by atoms with E-state index in [0.717, 1.165) is 0 Å². The van der Waals surface area contributed by atoms with Crippen LogP contribution in [0.25, 0.3) is 0 Å². The predicted molar refractivity (Wildman–Crippen MR) is 101 cm³/mol. The Morgan fingerprint density at radius 1 is 0.923 bits per heavy atom. The number of aromatic nitrogens is 2. The number of nitrogens with zero attached hydrogens (tertiary/aromatic N) is 3. The van der Waals surface area contributed by atoms with Crippen molar-refractivity contribution in [1.82, 2.24) is 9.97 Å². The summed E-state index contributed by atoms with van der Waals surface area (Å²) < 4.78 is 26.2. The normalized spacial score (nSPS) is 14.6. The number of nitrogens with two attached hydrogens (primary N) is 2. The maximum atomic E-state index is 13.1. The molecule has 10 heteroatoms. The van der Waals surface area contributed by atoms with Crippen LogP contribution < -0.4 is 16.4 Å². The first kappa shape index (κ1) is 16.9. The minimum atomic E-state index is -3.98. The highest BCUT2D eigenvalue weighted by molar-refractivity contribution is 7.92. The van der Waals surface area contributed by atoms with Crippen LogP contribution in [0.4, 0.5) is 29.0 Å². The molecule has 0 spiro atoms. The van der Waals surface area contributed by atoms with Crippen LogP contribution in [0.1, 0.15) is 0 Å². The van der Waals surface area contributed by atoms with E-state index in [-0.39, 0.29) is 32.4 Å². The van der Waals surface area contributed by atoms with Gasteiger partial charge < -0.3 is 11.5 Å². The number of halogens is 2. The molecule has 2 heterocycles. The molecule has 0 unspecified atom stereocenters. The van der Waals surface area contributed by atoms with Crippen LogP contribution in [0.5, 0.6) is 0 Å². The molecule has 0 saturated heterocycles. The third-order valence-electron chi connectivity index (χ3n) is 3.91. The molecule has 0 atom stereocenters. The molecule has 3 aromatic rings. The molecular weight excluding hydrogens is 397 g/mol. The lowest BCUT2D eigenvalue weighted by Gasteiger charge is -2.32. The Hall–Kier alpha value is -2.55. The molecule has 1 aliphatic heterocycles. The zero-order chi connectivity index (χ0) is 18.6. The van der Waals surface area contributed by atoms with Crippen molar-refractivity contribution in [3.05, 3.63) is 52.5 Å². The monoisotopic (exact) mass is 407 g/mol. The molecule has 7 nitrogen and oxygen atoms in total. The van der Waals surface area contributed by atoms with Gasteiger partial charge in [0.15, 0.2) is 16.5 Å². The van der Waals surface area contributed by atoms with Crippen molar-refractivity contribution in [3.63, 3.8) is 0 Å². The summed E-state index contributed by atoms with van der Waals surface area (Å²) in [7, 11) is -3.98. The molecule has 0 fully saturated rings. The Kier molecular flexibility index (Phi) is 3.72. The summed E-state index contributed by atoms with van der Waals surface area (Å²) in [4.78, 5) is 9.37. The molecule has 2 aromatic carbocycles. The maximum absolute atomic E-state index is 13.1. The van der Waals surface area contributed by atoms with Crippen molar-refractivity contribution in [2.75, 3.05) is 16.4 Å². The highest BCUT2D eigenvalue weighted by Crippen LogP contribution is 2.49. The van der Waals surface area contributed by atoms with E-state index in [9.17, 15) is 8.42 Å². The van der Waals surface area contributed by atoms with Crippen LogP contribution in [0.15, 0.2) is 52.3 Å². The van der Waals surface area contributed by atoms with E-state index in [0.29, 0.717) is 16.4 Å². The topological polar surface area (TPSA) is 115 Å². The fraction of sp³-hybridized carbons (Fsp3) is 0. The Balaban J connectivity index is 2.12. The first-order valence-electron chi connectivity index (χ1n) is 7.32. The van der Waals surface area contributed by atoms with Crippen LogP contribution in [0.3, 0.4) is 0 Å². The van der Waals surface area contributed by atoms with E-state index < -0.39 is 9.84 Å². The van der Waals surface area contributed by atoms with Crippen molar-refractivity contribution in [1.29, 1.82) is 0 Å². The summed E-state index contributed by atoms with van der Waals surface area (Å²) in [6.45, 7) is 0. The summed E-state index contributed by atoms with van der Waals surface area (Å²) in [5.41, 5.74) is 12.6. The smallest absolute Gasteiger partial charge is 0.224 e. The number of anilines is 5. The molecule has 0 saturated carbocycles. The molecule has 0 aliphatic carbocycles. The number of benzene rings is 2. The van der Waals surface area contributed by atoms with E-state index in [1.165, 1.54) is 6.07 Å². The van der Waals surface area contributed by atoms with Gasteiger partial charge in [0.1, 0.15) is 0 Å². The second-order valence-corrected chi connectivity index (χ2v) is 8.27. The molecule has 1 aliphatic rings. The van der Waals surface area contributed by atoms with Gasteiger partial charge in [-0.05, 0) is 42.5 Å². The second kappa shape index (κ2) is 5.73. The highest BCUT2D eigenvalue weighted by Gasteiger charge is 2.39. The fourth-order valence-electron chi connectivity index (χ4n) is 2.85. The fourth-order valence-corrected chi connectivity index (χ4v) is 4.84. The minimum absolute atomic E-state index is 0.00696. The Morgan fingerprint density at radius 2 is 1.58 bits per heavy atom. The molecule has 132 valence electrons. The lowest BCUT2D eigenvalue weighted by Crippen LogP contribution is -2.25. The Bertz CT molecular complexity index is 1150. The summed E-state index contributed by atoms with van der Waals surface area (Å²) >= 11 is 12.0. The van der Waals surface area contributed by atoms with Crippen LogP contribution in [0, 0.1) is 0 Å². The molecule has 0 radical (unpaired) electrons. The predicted octanol–water partition coefficient (Wildman–Crippen LogP) is 3.56. The third-order valence-corrected chi connectivity index (χ3v) is 6.23. The quantitative estimate of drug-likeness (QED) is 0.495. The third kappa shape index (κ3) is 2.45. The van der Waals surface area contributed by atoms with Crippen LogP contribution >= 0.6 is 23.2 Å². The van der Waals surface area contributed by atoms with Crippen molar-refractivity contribution in [2.24, 2.45) is 0 Å². The number of sulfone groups is 1. The van der Waals surface area contributed by atoms with Gasteiger partial charge in [-0.15, -0.1) is 0 Å². The maximum Gasteiger partial charge on any atom is 0.224 e. The molecule has 0 bridgehead atoms. The van der Waals surface area contributed by atoms with Gasteiger partial charge in [-0.25, -0.2) is 8.42 Å². The molecule has 4 N–H and O–H groups in total. The molecule has 4 rings (SSSR count). The summed E-state index contributed by atoms with van der Waals surface area (Å²) in [6, 6.07) is 11.4. The van der Waals surface area contributed by atoms with E-state index in [1.807, 2.05) is 0 Å². The van der Waals surface area contributed by atoms with Gasteiger partial charge in [0.2, 0.25) is 15.8 Å². The highest BCUT2D eigenvalue weighted by atomic mass is 35.5. The Morgan fingerprint density at radius 3 is 2.27 bits per heavy atom. The van der Waals surface area contributed by atoms with E-state index in [2.05, 4.69) is 9.97 Å². The standard InChI is InChI=1S/C16H11Cl2N5O2S/c17-8-1-4-10(5-2-8)23-11-6-3-9(18)7-12(11)26(24,25)13-14(19)21-16(20)22-15(13)23/h1-7H,(H4,19,20,21,22). The number of hydrogen-bond acceptors (Lipinski definition) is 7. The SMILES string of the molecule is Nc1nc(N)c2c(n1)N(c1ccc(Cl)cc1)c1ccc(Cl)cc1S2(=O)=O. The second-order valence-electron chi connectivity index (χ2n) is 5.55. The van der Waals surface area contributed by atoms with Crippen molar-refractivity contribution in [2.45, 2.75) is 9.79 Å². The van der Waals surface area contributed by atoms with Crippen molar-refractivity contribution >= 4 is 62.0 Å². The van der Waals surface area contributed by atoms with E-state index in [1.54, 1.807) is 41.3 Å². The first-order valence-corrected chi connectivity index (χ1v) is 9.56. The average molecular weight is 408 g/mol. The number of nitrogen functional groups attached to an aromatic ring is 2. The van der Waals surface area contributed by atoms with Crippen molar-refractivity contribution < 1.29 is 8.42 Å². The largest absolute Gasteiger partial charge is 0.382 e.